The zero-order valence-electron chi connectivity index (χ0n) is 22.7. The van der Waals surface area contributed by atoms with E-state index >= 15 is 0 Å². The van der Waals surface area contributed by atoms with E-state index in [1.54, 1.807) is 12.1 Å². The molecule has 7 nitrogen and oxygen atoms in total. The summed E-state index contributed by atoms with van der Waals surface area (Å²) in [6.07, 6.45) is 0. The van der Waals surface area contributed by atoms with Crippen molar-refractivity contribution in [2.24, 2.45) is 0 Å². The van der Waals surface area contributed by atoms with E-state index in [-0.39, 0.29) is 16.5 Å². The van der Waals surface area contributed by atoms with Crippen LogP contribution >= 0.6 is 46.3 Å². The highest BCUT2D eigenvalue weighted by molar-refractivity contribution is 8.00. The molecule has 1 unspecified atom stereocenters. The number of aromatic nitrogens is 2. The van der Waals surface area contributed by atoms with Crippen LogP contribution in [0, 0.1) is 13.8 Å². The van der Waals surface area contributed by atoms with Crippen LogP contribution in [0.25, 0.3) is 5.76 Å². The van der Waals surface area contributed by atoms with Crippen LogP contribution < -0.4 is 9.80 Å². The number of hydrogen-bond donors (Lipinski definition) is 1. The molecule has 41 heavy (non-hydrogen) atoms. The lowest BCUT2D eigenvalue weighted by atomic mass is 9.93. The Morgan fingerprint density at radius 1 is 1.02 bits per heavy atom. The average Bonchev–Trinajstić information content (AvgIpc) is 3.51. The Kier molecular flexibility index (Phi) is 8.42. The second-order valence-corrected chi connectivity index (χ2v) is 12.9. The topological polar surface area (TPSA) is 86.6 Å². The average molecular weight is 626 g/mol. The number of nitrogens with zero attached hydrogens (tertiary/aromatic N) is 4. The summed E-state index contributed by atoms with van der Waals surface area (Å²) >= 11 is 14.9. The Morgan fingerprint density at radius 3 is 2.44 bits per heavy atom. The van der Waals surface area contributed by atoms with Crippen LogP contribution in [0.1, 0.15) is 33.9 Å². The Bertz CT molecular complexity index is 1690. The number of ketones is 1. The van der Waals surface area contributed by atoms with Gasteiger partial charge in [0.05, 0.1) is 11.6 Å². The van der Waals surface area contributed by atoms with Crippen LogP contribution in [0.5, 0.6) is 0 Å². The second-order valence-electron chi connectivity index (χ2n) is 9.85. The zero-order valence-corrected chi connectivity index (χ0v) is 25.8. The largest absolute Gasteiger partial charge is 0.507 e. The van der Waals surface area contributed by atoms with Gasteiger partial charge in [-0.15, -0.1) is 10.2 Å². The summed E-state index contributed by atoms with van der Waals surface area (Å²) in [5.41, 5.74) is 4.73. The Labute approximate surface area is 256 Å². The summed E-state index contributed by atoms with van der Waals surface area (Å²) in [5, 5.41) is 21.5. The van der Waals surface area contributed by atoms with Gasteiger partial charge in [-0.2, -0.15) is 0 Å². The number of aliphatic hydroxyl groups excluding tert-OH is 1. The molecule has 0 bridgehead atoms. The van der Waals surface area contributed by atoms with Crippen molar-refractivity contribution < 1.29 is 14.7 Å². The van der Waals surface area contributed by atoms with E-state index in [1.807, 2.05) is 81.4 Å². The summed E-state index contributed by atoms with van der Waals surface area (Å²) < 4.78 is 0.601. The monoisotopic (exact) mass is 624 g/mol. The van der Waals surface area contributed by atoms with Gasteiger partial charge in [-0.25, -0.2) is 0 Å². The number of halogens is 2. The van der Waals surface area contributed by atoms with E-state index in [9.17, 15) is 14.7 Å². The van der Waals surface area contributed by atoms with Gasteiger partial charge >= 0.3 is 5.91 Å². The lowest BCUT2D eigenvalue weighted by Crippen LogP contribution is -2.29. The van der Waals surface area contributed by atoms with Gasteiger partial charge in [0, 0.05) is 41.1 Å². The number of Topliss-reactive ketones (excluding diaryl/α,β-unsaturated/α-hetero) is 1. The van der Waals surface area contributed by atoms with Crippen LogP contribution in [-0.2, 0) is 15.3 Å². The molecule has 3 aromatic carbocycles. The number of anilines is 2. The van der Waals surface area contributed by atoms with Crippen molar-refractivity contribution in [2.45, 2.75) is 30.0 Å². The summed E-state index contributed by atoms with van der Waals surface area (Å²) in [4.78, 5) is 30.4. The molecule has 0 aliphatic carbocycles. The fourth-order valence-corrected chi connectivity index (χ4v) is 7.00. The van der Waals surface area contributed by atoms with E-state index in [1.165, 1.54) is 28.0 Å². The predicted molar refractivity (Wildman–Crippen MR) is 167 cm³/mol. The lowest BCUT2D eigenvalue weighted by molar-refractivity contribution is -0.132. The molecular formula is C30H26Cl2N4O3S2. The summed E-state index contributed by atoms with van der Waals surface area (Å²) in [6.45, 7) is 3.76. The molecule has 1 fully saturated rings. The van der Waals surface area contributed by atoms with Gasteiger partial charge in [-0.3, -0.25) is 14.5 Å². The highest BCUT2D eigenvalue weighted by Crippen LogP contribution is 2.44. The second kappa shape index (κ2) is 11.9. The third-order valence-corrected chi connectivity index (χ3v) is 9.48. The van der Waals surface area contributed by atoms with Crippen molar-refractivity contribution in [2.75, 3.05) is 23.9 Å². The lowest BCUT2D eigenvalue weighted by Gasteiger charge is -2.23. The number of hydrogen-bond acceptors (Lipinski definition) is 8. The Hall–Kier alpha value is -3.37. The van der Waals surface area contributed by atoms with Gasteiger partial charge < -0.3 is 10.0 Å². The maximum absolute atomic E-state index is 13.6. The van der Waals surface area contributed by atoms with Gasteiger partial charge in [0.25, 0.3) is 5.78 Å². The molecule has 0 spiro atoms. The molecule has 1 aliphatic rings. The molecule has 5 rings (SSSR count). The van der Waals surface area contributed by atoms with E-state index in [0.29, 0.717) is 31.3 Å². The van der Waals surface area contributed by atoms with Crippen molar-refractivity contribution in [1.82, 2.24) is 10.2 Å². The van der Waals surface area contributed by atoms with Crippen LogP contribution in [0.4, 0.5) is 10.8 Å². The van der Waals surface area contributed by atoms with Crippen molar-refractivity contribution >= 4 is 74.6 Å². The van der Waals surface area contributed by atoms with Crippen LogP contribution in [-0.4, -0.2) is 41.1 Å². The molecule has 0 saturated carbocycles. The molecule has 4 aromatic rings. The van der Waals surface area contributed by atoms with E-state index in [4.69, 9.17) is 23.2 Å². The number of carbonyl (C=O) groups excluding carboxylic acids is 2. The molecule has 1 N–H and O–H groups in total. The molecule has 0 radical (unpaired) electrons. The fraction of sp³-hybridized carbons (Fsp3) is 0.200. The molecule has 1 aliphatic heterocycles. The quantitative estimate of drug-likeness (QED) is 0.0751. The number of rotatable bonds is 7. The number of carbonyl (C=O) groups is 2. The molecule has 210 valence electrons. The standard InChI is InChI=1S/C30H26Cl2N4O3S2/c1-16-5-6-17(2)22(13-16)26(37)24-25(18-8-11-21(12-9-18)35(3)4)36(28(39)27(24)38)29-33-34-30(41-29)40-15-19-7-10-20(31)14-23(19)32/h5-14,25,37H,15H2,1-4H3. The predicted octanol–water partition coefficient (Wildman–Crippen LogP) is 7.45. The molecule has 11 heteroatoms. The van der Waals surface area contributed by atoms with Gasteiger partial charge in [0.1, 0.15) is 5.76 Å². The minimum Gasteiger partial charge on any atom is -0.507 e. The number of aliphatic hydroxyl groups is 1. The zero-order chi connectivity index (χ0) is 29.4. The number of benzene rings is 3. The highest BCUT2D eigenvalue weighted by atomic mass is 35.5. The molecule has 1 saturated heterocycles. The first kappa shape index (κ1) is 29.1. The highest BCUT2D eigenvalue weighted by Gasteiger charge is 2.48. The number of amides is 1. The summed E-state index contributed by atoms with van der Waals surface area (Å²) in [7, 11) is 3.86. The van der Waals surface area contributed by atoms with Gasteiger partial charge in [-0.05, 0) is 60.9 Å². The third kappa shape index (κ3) is 5.85. The molecule has 1 aromatic heterocycles. The molecule has 1 atom stereocenters. The van der Waals surface area contributed by atoms with Crippen molar-refractivity contribution in [3.8, 4) is 0 Å². The van der Waals surface area contributed by atoms with Crippen molar-refractivity contribution in [3.63, 3.8) is 0 Å². The summed E-state index contributed by atoms with van der Waals surface area (Å²) in [5.74, 6) is -1.24. The van der Waals surface area contributed by atoms with Crippen LogP contribution in [0.15, 0.2) is 70.6 Å². The van der Waals surface area contributed by atoms with Gasteiger partial charge in [0.15, 0.2) is 4.34 Å². The van der Waals surface area contributed by atoms with Crippen molar-refractivity contribution in [1.29, 1.82) is 0 Å². The normalized spacial score (nSPS) is 16.4. The smallest absolute Gasteiger partial charge is 0.301 e. The first-order valence-electron chi connectivity index (χ1n) is 12.6. The third-order valence-electron chi connectivity index (χ3n) is 6.79. The van der Waals surface area contributed by atoms with E-state index < -0.39 is 17.7 Å². The Morgan fingerprint density at radius 2 is 1.76 bits per heavy atom. The summed E-state index contributed by atoms with van der Waals surface area (Å²) in [6, 6.07) is 17.6. The van der Waals surface area contributed by atoms with Crippen molar-refractivity contribution in [3.05, 3.63) is 104 Å². The number of thioether (sulfide) groups is 1. The van der Waals surface area contributed by atoms with Gasteiger partial charge in [-0.1, -0.05) is 82.2 Å². The number of aryl methyl sites for hydroxylation is 2. The van der Waals surface area contributed by atoms with Gasteiger partial charge in [0.2, 0.25) is 5.13 Å². The first-order valence-corrected chi connectivity index (χ1v) is 15.2. The SMILES string of the molecule is Cc1ccc(C)c(C(O)=C2C(=O)C(=O)N(c3nnc(SCc4ccc(Cl)cc4Cl)s3)C2c2ccc(N(C)C)cc2)c1. The fourth-order valence-electron chi connectivity index (χ4n) is 4.57. The minimum absolute atomic E-state index is 0.0126. The van der Waals surface area contributed by atoms with Crippen LogP contribution in [0.2, 0.25) is 10.0 Å². The van der Waals surface area contributed by atoms with E-state index in [0.717, 1.165) is 22.4 Å². The molecule has 1 amide bonds. The Balaban J connectivity index is 1.56. The van der Waals surface area contributed by atoms with E-state index in [2.05, 4.69) is 10.2 Å². The minimum atomic E-state index is -0.886. The maximum Gasteiger partial charge on any atom is 0.301 e. The molecular weight excluding hydrogens is 599 g/mol. The molecule has 2 heterocycles. The van der Waals surface area contributed by atoms with Crippen LogP contribution in [0.3, 0.4) is 0 Å². The first-order chi connectivity index (χ1) is 19.5. The maximum atomic E-state index is 13.6.